The molecule has 7 heteroatoms. The Morgan fingerprint density at radius 1 is 1.26 bits per heavy atom. The summed E-state index contributed by atoms with van der Waals surface area (Å²) in [6.07, 6.45) is 1.83. The van der Waals surface area contributed by atoms with Crippen molar-refractivity contribution >= 4 is 17.4 Å². The quantitative estimate of drug-likeness (QED) is 0.687. The number of aromatic nitrogens is 3. The van der Waals surface area contributed by atoms with Crippen LogP contribution >= 0.6 is 11.6 Å². The van der Waals surface area contributed by atoms with Crippen LogP contribution in [0.2, 0.25) is 5.02 Å². The van der Waals surface area contributed by atoms with Crippen molar-refractivity contribution in [2.45, 2.75) is 12.5 Å². The van der Waals surface area contributed by atoms with E-state index in [0.717, 1.165) is 24.2 Å². The second kappa shape index (κ2) is 8.00. The summed E-state index contributed by atoms with van der Waals surface area (Å²) < 4.78 is 5.75. The lowest BCUT2D eigenvalue weighted by Crippen LogP contribution is -2.33. The van der Waals surface area contributed by atoms with Gasteiger partial charge in [0.15, 0.2) is 5.78 Å². The fourth-order valence-electron chi connectivity index (χ4n) is 3.02. The van der Waals surface area contributed by atoms with Crippen LogP contribution in [0.4, 0.5) is 0 Å². The number of nitrogens with one attached hydrogen (secondary N) is 1. The highest BCUT2D eigenvalue weighted by Crippen LogP contribution is 2.20. The summed E-state index contributed by atoms with van der Waals surface area (Å²) in [5.41, 5.74) is 3.10. The standard InChI is InChI=1S/C20H19ClN4O2/c21-16-2-1-3-17(11-16)25-23-12-18(24-25)19(26)10-14-4-6-15(7-5-14)20-13-22-8-9-27-20/h1-7,11-12,20,22H,8-10,13H2/t20-/m1/s1. The number of ketones is 1. The summed E-state index contributed by atoms with van der Waals surface area (Å²) >= 11 is 5.99. The van der Waals surface area contributed by atoms with E-state index in [-0.39, 0.29) is 18.3 Å². The smallest absolute Gasteiger partial charge is 0.189 e. The van der Waals surface area contributed by atoms with Gasteiger partial charge in [-0.15, -0.1) is 5.10 Å². The van der Waals surface area contributed by atoms with Gasteiger partial charge < -0.3 is 10.1 Å². The number of halogens is 1. The van der Waals surface area contributed by atoms with Crippen LogP contribution in [0.15, 0.2) is 54.7 Å². The minimum absolute atomic E-state index is 0.0705. The number of rotatable bonds is 5. The van der Waals surface area contributed by atoms with Crippen molar-refractivity contribution in [3.05, 3.63) is 76.6 Å². The van der Waals surface area contributed by atoms with Gasteiger partial charge in [0.05, 0.1) is 24.6 Å². The zero-order valence-electron chi connectivity index (χ0n) is 14.6. The summed E-state index contributed by atoms with van der Waals surface area (Å²) in [6.45, 7) is 2.41. The van der Waals surface area contributed by atoms with Crippen LogP contribution in [-0.4, -0.2) is 40.5 Å². The Hall–Kier alpha value is -2.54. The number of carbonyl (C=O) groups is 1. The molecule has 2 heterocycles. The number of benzene rings is 2. The lowest BCUT2D eigenvalue weighted by molar-refractivity contribution is 0.0277. The average Bonchev–Trinajstić information content (AvgIpc) is 3.20. The van der Waals surface area contributed by atoms with Crippen LogP contribution in [0, 0.1) is 0 Å². The van der Waals surface area contributed by atoms with Crippen LogP contribution in [0.1, 0.15) is 27.7 Å². The Morgan fingerprint density at radius 2 is 2.11 bits per heavy atom. The Labute approximate surface area is 162 Å². The van der Waals surface area contributed by atoms with Crippen molar-refractivity contribution in [3.8, 4) is 5.69 Å². The van der Waals surface area contributed by atoms with Crippen molar-refractivity contribution in [2.24, 2.45) is 0 Å². The molecule has 0 amide bonds. The first kappa shape index (κ1) is 17.9. The molecule has 1 aromatic heterocycles. The molecule has 0 saturated carbocycles. The fourth-order valence-corrected chi connectivity index (χ4v) is 3.21. The Balaban J connectivity index is 1.43. The van der Waals surface area contributed by atoms with Gasteiger partial charge in [-0.2, -0.15) is 9.90 Å². The maximum atomic E-state index is 12.5. The third kappa shape index (κ3) is 4.24. The number of ether oxygens (including phenoxy) is 1. The van der Waals surface area contributed by atoms with Gasteiger partial charge in [-0.25, -0.2) is 0 Å². The maximum Gasteiger partial charge on any atom is 0.189 e. The molecule has 1 N–H and O–H groups in total. The fraction of sp³-hybridized carbons (Fsp3) is 0.250. The van der Waals surface area contributed by atoms with E-state index in [2.05, 4.69) is 15.5 Å². The van der Waals surface area contributed by atoms with E-state index in [1.54, 1.807) is 12.1 Å². The Morgan fingerprint density at radius 3 is 2.85 bits per heavy atom. The molecule has 1 aliphatic heterocycles. The van der Waals surface area contributed by atoms with Gasteiger partial charge in [-0.05, 0) is 29.3 Å². The van der Waals surface area contributed by atoms with Gasteiger partial charge in [0.25, 0.3) is 0 Å². The van der Waals surface area contributed by atoms with E-state index < -0.39 is 0 Å². The largest absolute Gasteiger partial charge is 0.371 e. The number of carbonyl (C=O) groups excluding carboxylic acids is 1. The summed E-state index contributed by atoms with van der Waals surface area (Å²) in [5.74, 6) is -0.0772. The third-order valence-electron chi connectivity index (χ3n) is 4.46. The van der Waals surface area contributed by atoms with E-state index in [4.69, 9.17) is 16.3 Å². The molecule has 0 unspecified atom stereocenters. The number of nitrogens with zero attached hydrogens (tertiary/aromatic N) is 3. The SMILES string of the molecule is O=C(Cc1ccc([C@H]2CNCCO2)cc1)c1cnn(-c2cccc(Cl)c2)n1. The van der Waals surface area contributed by atoms with E-state index >= 15 is 0 Å². The van der Waals surface area contributed by atoms with E-state index in [0.29, 0.717) is 23.0 Å². The van der Waals surface area contributed by atoms with E-state index in [9.17, 15) is 4.79 Å². The highest BCUT2D eigenvalue weighted by molar-refractivity contribution is 6.30. The minimum atomic E-state index is -0.0772. The Kier molecular flexibility index (Phi) is 5.29. The molecule has 0 spiro atoms. The minimum Gasteiger partial charge on any atom is -0.371 e. The molecule has 2 aromatic carbocycles. The van der Waals surface area contributed by atoms with Crippen molar-refractivity contribution in [1.82, 2.24) is 20.3 Å². The zero-order chi connectivity index (χ0) is 18.6. The number of hydrogen-bond acceptors (Lipinski definition) is 5. The zero-order valence-corrected chi connectivity index (χ0v) is 15.4. The van der Waals surface area contributed by atoms with Gasteiger partial charge in [0.2, 0.25) is 0 Å². The number of morpholine rings is 1. The topological polar surface area (TPSA) is 69.0 Å². The van der Waals surface area contributed by atoms with Crippen molar-refractivity contribution in [2.75, 3.05) is 19.7 Å². The van der Waals surface area contributed by atoms with Crippen LogP contribution in [0.5, 0.6) is 0 Å². The van der Waals surface area contributed by atoms with Crippen LogP contribution in [0.3, 0.4) is 0 Å². The summed E-state index contributed by atoms with van der Waals surface area (Å²) in [4.78, 5) is 13.9. The molecule has 0 radical (unpaired) electrons. The molecular weight excluding hydrogens is 364 g/mol. The first-order valence-corrected chi connectivity index (χ1v) is 9.19. The molecule has 1 aliphatic rings. The predicted octanol–water partition coefficient (Wildman–Crippen LogP) is 3.01. The second-order valence-electron chi connectivity index (χ2n) is 6.40. The highest BCUT2D eigenvalue weighted by Gasteiger charge is 2.16. The molecule has 1 fully saturated rings. The number of Topliss-reactive ketones (excluding diaryl/α,β-unsaturated/α-hetero) is 1. The first-order valence-electron chi connectivity index (χ1n) is 8.82. The average molecular weight is 383 g/mol. The molecule has 1 atom stereocenters. The monoisotopic (exact) mass is 382 g/mol. The third-order valence-corrected chi connectivity index (χ3v) is 4.70. The van der Waals surface area contributed by atoms with Crippen molar-refractivity contribution < 1.29 is 9.53 Å². The molecule has 1 saturated heterocycles. The van der Waals surface area contributed by atoms with E-state index in [1.807, 2.05) is 36.4 Å². The molecule has 27 heavy (non-hydrogen) atoms. The van der Waals surface area contributed by atoms with Crippen LogP contribution in [-0.2, 0) is 11.2 Å². The van der Waals surface area contributed by atoms with Gasteiger partial charge >= 0.3 is 0 Å². The first-order chi connectivity index (χ1) is 13.2. The Bertz CT molecular complexity index is 933. The summed E-state index contributed by atoms with van der Waals surface area (Å²) in [5, 5.41) is 12.4. The van der Waals surface area contributed by atoms with Gasteiger partial charge in [0.1, 0.15) is 5.69 Å². The lowest BCUT2D eigenvalue weighted by Gasteiger charge is -2.24. The maximum absolute atomic E-state index is 12.5. The van der Waals surface area contributed by atoms with Crippen LogP contribution in [0.25, 0.3) is 5.69 Å². The van der Waals surface area contributed by atoms with Crippen molar-refractivity contribution in [1.29, 1.82) is 0 Å². The molecule has 3 aromatic rings. The number of hydrogen-bond donors (Lipinski definition) is 1. The lowest BCUT2D eigenvalue weighted by atomic mass is 10.0. The molecule has 4 rings (SSSR count). The molecule has 6 nitrogen and oxygen atoms in total. The molecular formula is C20H19ClN4O2. The van der Waals surface area contributed by atoms with Crippen molar-refractivity contribution in [3.63, 3.8) is 0 Å². The van der Waals surface area contributed by atoms with Crippen LogP contribution < -0.4 is 5.32 Å². The van der Waals surface area contributed by atoms with E-state index in [1.165, 1.54) is 11.0 Å². The molecule has 0 aliphatic carbocycles. The van der Waals surface area contributed by atoms with Gasteiger partial charge in [0, 0.05) is 24.5 Å². The van der Waals surface area contributed by atoms with Gasteiger partial charge in [-0.1, -0.05) is 41.9 Å². The second-order valence-corrected chi connectivity index (χ2v) is 6.84. The summed E-state index contributed by atoms with van der Waals surface area (Å²) in [6, 6.07) is 15.1. The highest BCUT2D eigenvalue weighted by atomic mass is 35.5. The van der Waals surface area contributed by atoms with Gasteiger partial charge in [-0.3, -0.25) is 4.79 Å². The molecule has 138 valence electrons. The normalized spacial score (nSPS) is 17.0. The summed E-state index contributed by atoms with van der Waals surface area (Å²) in [7, 11) is 0. The molecule has 0 bridgehead atoms. The predicted molar refractivity (Wildman–Crippen MR) is 102 cm³/mol.